The van der Waals surface area contributed by atoms with E-state index in [9.17, 15) is 9.59 Å². The van der Waals surface area contributed by atoms with E-state index in [-0.39, 0.29) is 24.3 Å². The molecule has 2 aliphatic rings. The molecule has 0 radical (unpaired) electrons. The molecule has 0 saturated carbocycles. The van der Waals surface area contributed by atoms with Crippen molar-refractivity contribution < 1.29 is 9.59 Å². The van der Waals surface area contributed by atoms with Crippen molar-refractivity contribution in [3.05, 3.63) is 0 Å². The second-order valence-electron chi connectivity index (χ2n) is 4.82. The van der Waals surface area contributed by atoms with Crippen LogP contribution in [0.2, 0.25) is 0 Å². The predicted molar refractivity (Wildman–Crippen MR) is 68.1 cm³/mol. The first-order valence-electron chi connectivity index (χ1n) is 6.72. The summed E-state index contributed by atoms with van der Waals surface area (Å²) < 4.78 is 0. The van der Waals surface area contributed by atoms with Crippen LogP contribution in [0.15, 0.2) is 0 Å². The second-order valence-corrected chi connectivity index (χ2v) is 4.82. The monoisotopic (exact) mass is 254 g/mol. The van der Waals surface area contributed by atoms with Gasteiger partial charge in [0.25, 0.3) is 0 Å². The fraction of sp³-hybridized carbons (Fsp3) is 0.833. The van der Waals surface area contributed by atoms with Crippen LogP contribution in [0, 0.1) is 0 Å². The molecule has 2 N–H and O–H groups in total. The van der Waals surface area contributed by atoms with Gasteiger partial charge in [-0.1, -0.05) is 6.92 Å². The molecule has 0 spiro atoms. The number of amides is 2. The molecule has 2 rings (SSSR count). The third kappa shape index (κ3) is 3.20. The van der Waals surface area contributed by atoms with E-state index in [1.54, 1.807) is 0 Å². The summed E-state index contributed by atoms with van der Waals surface area (Å²) in [6, 6.07) is -0.351. The molecule has 6 heteroatoms. The summed E-state index contributed by atoms with van der Waals surface area (Å²) in [5, 5.41) is 5.87. The fourth-order valence-electron chi connectivity index (χ4n) is 2.43. The highest BCUT2D eigenvalue weighted by Crippen LogP contribution is 2.06. The van der Waals surface area contributed by atoms with E-state index in [0.29, 0.717) is 6.54 Å². The Kier molecular flexibility index (Phi) is 4.54. The van der Waals surface area contributed by atoms with E-state index in [1.807, 2.05) is 4.90 Å². The Hall–Kier alpha value is -1.14. The Labute approximate surface area is 108 Å². The van der Waals surface area contributed by atoms with Gasteiger partial charge in [0.2, 0.25) is 11.8 Å². The van der Waals surface area contributed by atoms with Crippen LogP contribution in [0.3, 0.4) is 0 Å². The van der Waals surface area contributed by atoms with Gasteiger partial charge in [0.1, 0.15) is 0 Å². The molecule has 0 aromatic rings. The molecule has 0 aromatic carbocycles. The van der Waals surface area contributed by atoms with Crippen LogP contribution in [0.4, 0.5) is 0 Å². The molecule has 0 aliphatic carbocycles. The number of piperazine rings is 2. The molecule has 6 nitrogen and oxygen atoms in total. The van der Waals surface area contributed by atoms with Crippen molar-refractivity contribution in [2.45, 2.75) is 19.4 Å². The van der Waals surface area contributed by atoms with Crippen LogP contribution >= 0.6 is 0 Å². The Morgan fingerprint density at radius 1 is 1.28 bits per heavy atom. The number of nitrogens with one attached hydrogen (secondary N) is 2. The number of rotatable bonds is 3. The number of likely N-dealkylation sites (N-methyl/N-ethyl adjacent to an activating group) is 1. The lowest BCUT2D eigenvalue weighted by atomic mass is 10.1. The Morgan fingerprint density at radius 3 is 2.61 bits per heavy atom. The van der Waals surface area contributed by atoms with Crippen molar-refractivity contribution in [2.75, 3.05) is 45.8 Å². The van der Waals surface area contributed by atoms with Gasteiger partial charge in [0, 0.05) is 39.3 Å². The van der Waals surface area contributed by atoms with Crippen molar-refractivity contribution in [3.63, 3.8) is 0 Å². The highest BCUT2D eigenvalue weighted by molar-refractivity contribution is 5.88. The third-order valence-corrected chi connectivity index (χ3v) is 3.68. The quantitative estimate of drug-likeness (QED) is 0.652. The van der Waals surface area contributed by atoms with Crippen molar-refractivity contribution in [2.24, 2.45) is 0 Å². The number of nitrogens with zero attached hydrogens (tertiary/aromatic N) is 2. The van der Waals surface area contributed by atoms with E-state index in [4.69, 9.17) is 0 Å². The summed E-state index contributed by atoms with van der Waals surface area (Å²) in [6.45, 7) is 8.00. The minimum absolute atomic E-state index is 0.0539. The van der Waals surface area contributed by atoms with Crippen molar-refractivity contribution >= 4 is 11.8 Å². The summed E-state index contributed by atoms with van der Waals surface area (Å²) in [4.78, 5) is 27.9. The summed E-state index contributed by atoms with van der Waals surface area (Å²) >= 11 is 0. The van der Waals surface area contributed by atoms with Crippen LogP contribution in [0.25, 0.3) is 0 Å². The first-order chi connectivity index (χ1) is 8.70. The summed E-state index contributed by atoms with van der Waals surface area (Å²) in [5.74, 6) is 0.0297. The van der Waals surface area contributed by atoms with Gasteiger partial charge in [-0.05, 0) is 6.54 Å². The molecule has 2 heterocycles. The lowest BCUT2D eigenvalue weighted by Crippen LogP contribution is -2.56. The Balaban J connectivity index is 1.79. The van der Waals surface area contributed by atoms with Crippen molar-refractivity contribution in [1.82, 2.24) is 20.4 Å². The average Bonchev–Trinajstić information content (AvgIpc) is 2.41. The molecular formula is C12H22N4O2. The Morgan fingerprint density at radius 2 is 2.00 bits per heavy atom. The number of hydrogen-bond donors (Lipinski definition) is 2. The number of carbonyl (C=O) groups excluding carboxylic acids is 2. The van der Waals surface area contributed by atoms with Gasteiger partial charge in [-0.2, -0.15) is 0 Å². The number of hydrogen-bond acceptors (Lipinski definition) is 4. The van der Waals surface area contributed by atoms with Crippen LogP contribution in [-0.4, -0.2) is 73.5 Å². The first kappa shape index (κ1) is 13.3. The van der Waals surface area contributed by atoms with Crippen LogP contribution in [0.1, 0.15) is 13.3 Å². The Bertz CT molecular complexity index is 313. The summed E-state index contributed by atoms with van der Waals surface area (Å²) in [7, 11) is 0. The van der Waals surface area contributed by atoms with Gasteiger partial charge in [-0.3, -0.25) is 9.59 Å². The topological polar surface area (TPSA) is 64.7 Å². The average molecular weight is 254 g/mol. The van der Waals surface area contributed by atoms with Crippen LogP contribution in [-0.2, 0) is 9.59 Å². The van der Waals surface area contributed by atoms with Gasteiger partial charge in [-0.25, -0.2) is 0 Å². The molecule has 0 bridgehead atoms. The van der Waals surface area contributed by atoms with Crippen molar-refractivity contribution in [3.8, 4) is 0 Å². The largest absolute Gasteiger partial charge is 0.353 e. The highest BCUT2D eigenvalue weighted by Gasteiger charge is 2.27. The maximum Gasteiger partial charge on any atom is 0.237 e. The van der Waals surface area contributed by atoms with E-state index >= 15 is 0 Å². The van der Waals surface area contributed by atoms with Gasteiger partial charge in [0.15, 0.2) is 0 Å². The van der Waals surface area contributed by atoms with Gasteiger partial charge in [0.05, 0.1) is 12.5 Å². The molecule has 102 valence electrons. The lowest BCUT2D eigenvalue weighted by molar-refractivity contribution is -0.136. The molecular weight excluding hydrogens is 232 g/mol. The van der Waals surface area contributed by atoms with Gasteiger partial charge >= 0.3 is 0 Å². The zero-order chi connectivity index (χ0) is 13.0. The molecule has 18 heavy (non-hydrogen) atoms. The molecule has 0 aromatic heterocycles. The minimum Gasteiger partial charge on any atom is -0.353 e. The lowest BCUT2D eigenvalue weighted by Gasteiger charge is -2.35. The summed E-state index contributed by atoms with van der Waals surface area (Å²) in [6.07, 6.45) is 0.276. The van der Waals surface area contributed by atoms with E-state index in [1.165, 1.54) is 0 Å². The zero-order valence-electron chi connectivity index (χ0n) is 10.9. The SMILES string of the molecule is CCN1CCN(C(=O)C[C@@H]2NCCNC2=O)CC1. The van der Waals surface area contributed by atoms with E-state index < -0.39 is 0 Å². The van der Waals surface area contributed by atoms with Crippen LogP contribution in [0.5, 0.6) is 0 Å². The van der Waals surface area contributed by atoms with Gasteiger partial charge < -0.3 is 20.4 Å². The fourth-order valence-corrected chi connectivity index (χ4v) is 2.43. The third-order valence-electron chi connectivity index (χ3n) is 3.68. The maximum absolute atomic E-state index is 12.1. The smallest absolute Gasteiger partial charge is 0.237 e. The minimum atomic E-state index is -0.351. The van der Waals surface area contributed by atoms with Crippen molar-refractivity contribution in [1.29, 1.82) is 0 Å². The normalized spacial score (nSPS) is 25.9. The van der Waals surface area contributed by atoms with Gasteiger partial charge in [-0.15, -0.1) is 0 Å². The molecule has 2 fully saturated rings. The standard InChI is InChI=1S/C12H22N4O2/c1-2-15-5-7-16(8-6-15)11(17)9-10-12(18)14-4-3-13-10/h10,13H,2-9H2,1H3,(H,14,18)/t10-/m0/s1. The first-order valence-corrected chi connectivity index (χ1v) is 6.72. The van der Waals surface area contributed by atoms with Crippen LogP contribution < -0.4 is 10.6 Å². The second kappa shape index (κ2) is 6.15. The zero-order valence-corrected chi connectivity index (χ0v) is 10.9. The predicted octanol–water partition coefficient (Wildman–Crippen LogP) is -1.37. The molecule has 2 amide bonds. The summed E-state index contributed by atoms with van der Waals surface area (Å²) in [5.41, 5.74) is 0. The molecule has 0 unspecified atom stereocenters. The number of carbonyl (C=O) groups is 2. The van der Waals surface area contributed by atoms with E-state index in [2.05, 4.69) is 22.5 Å². The molecule has 2 aliphatic heterocycles. The maximum atomic E-state index is 12.1. The molecule has 1 atom stereocenters. The van der Waals surface area contributed by atoms with E-state index in [0.717, 1.165) is 39.3 Å². The highest BCUT2D eigenvalue weighted by atomic mass is 16.2. The molecule has 2 saturated heterocycles.